The summed E-state index contributed by atoms with van der Waals surface area (Å²) in [5.41, 5.74) is 0. The third-order valence-electron chi connectivity index (χ3n) is 0. The first-order chi connectivity index (χ1) is 6.00. The normalized spacial score (nSPS) is 8.05. The molecule has 0 saturated heterocycles. The predicted molar refractivity (Wildman–Crippen MR) is 57.6 cm³/mol. The molecule has 0 heterocycles. The van der Waals surface area contributed by atoms with Gasteiger partial charge in [0.25, 0.3) is 0 Å². The van der Waals surface area contributed by atoms with E-state index in [4.69, 9.17) is 57.7 Å². The van der Waals surface area contributed by atoms with Gasteiger partial charge < -0.3 is 63.2 Å². The van der Waals surface area contributed by atoms with E-state index < -0.39 is 23.5 Å². The maximum Gasteiger partial charge on any atom is 1.00 e. The van der Waals surface area contributed by atoms with Crippen LogP contribution in [0.2, 0.25) is 0 Å². The second-order valence-corrected chi connectivity index (χ2v) is 4.62. The molecule has 0 aromatic rings. The molecule has 0 spiro atoms. The molecule has 0 aliphatic rings. The van der Waals surface area contributed by atoms with E-state index in [9.17, 15) is 0 Å². The first-order valence-electron chi connectivity index (χ1n) is 2.35. The number of phosphoric acid groups is 3. The summed E-state index contributed by atoms with van der Waals surface area (Å²) in [4.78, 5) is 64.7. The molecule has 15 nitrogen and oxygen atoms in total. The van der Waals surface area contributed by atoms with Gasteiger partial charge in [-0.15, -0.1) is 0 Å². The van der Waals surface area contributed by atoms with Crippen LogP contribution >= 0.6 is 23.5 Å². The fourth-order valence-electron chi connectivity index (χ4n) is 0. The zero-order valence-electron chi connectivity index (χ0n) is 11.6. The van der Waals surface area contributed by atoms with Crippen LogP contribution in [0.1, 0.15) is 1.43 Å². The van der Waals surface area contributed by atoms with Gasteiger partial charge >= 0.3 is 42.3 Å². The van der Waals surface area contributed by atoms with Gasteiger partial charge in [0, 0.05) is 51.2 Å². The minimum atomic E-state index is -4.64. The van der Waals surface area contributed by atoms with Crippen molar-refractivity contribution in [3.63, 3.8) is 0 Å². The Labute approximate surface area is 170 Å². The maximum atomic E-state index is 8.88. The van der Waals surface area contributed by atoms with Crippen LogP contribution in [-0.4, -0.2) is 49.5 Å². The SMILES string of the molecule is N.N.O.O=P(O)(O)O.O=P(O)(O)O.O=P(O)(O)O.[Fe].[Fe].[Fe].[H-].[Li+]. The second-order valence-electron chi connectivity index (χ2n) is 1.54. The van der Waals surface area contributed by atoms with E-state index in [2.05, 4.69) is 0 Å². The van der Waals surface area contributed by atoms with Crippen LogP contribution in [0.4, 0.5) is 0 Å². The molecule has 146 valence electrons. The van der Waals surface area contributed by atoms with Gasteiger partial charge in [-0.1, -0.05) is 0 Å². The zero-order valence-corrected chi connectivity index (χ0v) is 16.6. The van der Waals surface area contributed by atoms with E-state index in [0.29, 0.717) is 0 Å². The van der Waals surface area contributed by atoms with Crippen LogP contribution in [0.15, 0.2) is 0 Å². The molecule has 22 heavy (non-hydrogen) atoms. The molecule has 0 atom stereocenters. The van der Waals surface area contributed by atoms with Crippen molar-refractivity contribution in [2.45, 2.75) is 0 Å². The molecule has 0 bridgehead atoms. The average Bonchev–Trinajstić information content (AvgIpc) is 1.41. The second kappa shape index (κ2) is 28.2. The summed E-state index contributed by atoms with van der Waals surface area (Å²) in [5.74, 6) is 0. The molecule has 0 radical (unpaired) electrons. The summed E-state index contributed by atoms with van der Waals surface area (Å²) in [6.07, 6.45) is 0. The molecule has 0 fully saturated rings. The summed E-state index contributed by atoms with van der Waals surface area (Å²) < 4.78 is 26.6. The Morgan fingerprint density at radius 3 is 0.500 bits per heavy atom. The molecule has 0 amide bonds. The molecule has 0 unspecified atom stereocenters. The minimum Gasteiger partial charge on any atom is -1.00 e. The van der Waals surface area contributed by atoms with E-state index in [0.717, 1.165) is 0 Å². The van der Waals surface area contributed by atoms with Gasteiger partial charge in [0.15, 0.2) is 0 Å². The van der Waals surface area contributed by atoms with Gasteiger partial charge in [-0.25, -0.2) is 13.7 Å². The quantitative estimate of drug-likeness (QED) is 0.104. The molecule has 0 aliphatic heterocycles. The van der Waals surface area contributed by atoms with Crippen molar-refractivity contribution in [2.75, 3.05) is 0 Å². The van der Waals surface area contributed by atoms with Crippen molar-refractivity contribution in [2.24, 2.45) is 0 Å². The van der Waals surface area contributed by atoms with Crippen LogP contribution in [0, 0.1) is 0 Å². The van der Waals surface area contributed by atoms with Crippen LogP contribution in [0.5, 0.6) is 0 Å². The summed E-state index contributed by atoms with van der Waals surface area (Å²) in [5, 5.41) is 0. The van der Waals surface area contributed by atoms with Gasteiger partial charge in [0.05, 0.1) is 0 Å². The smallest absolute Gasteiger partial charge is 1.00 e. The fraction of sp³-hybridized carbons (Fsp3) is 0. The summed E-state index contributed by atoms with van der Waals surface area (Å²) in [6.45, 7) is 0. The van der Waals surface area contributed by atoms with Crippen LogP contribution in [0.25, 0.3) is 0 Å². The predicted octanol–water partition coefficient (Wildman–Crippen LogP) is -6.18. The average molecular weight is 522 g/mol. The summed E-state index contributed by atoms with van der Waals surface area (Å²) >= 11 is 0. The van der Waals surface area contributed by atoms with E-state index in [-0.39, 0.29) is 89.3 Å². The van der Waals surface area contributed by atoms with Gasteiger partial charge in [0.2, 0.25) is 0 Å². The van der Waals surface area contributed by atoms with Crippen molar-refractivity contribution in [3.8, 4) is 0 Å². The first-order valence-corrected chi connectivity index (χ1v) is 7.04. The van der Waals surface area contributed by atoms with Gasteiger partial charge in [0.1, 0.15) is 0 Å². The Morgan fingerprint density at radius 1 is 0.500 bits per heavy atom. The minimum absolute atomic E-state index is 0. The Bertz CT molecular complexity index is 230. The van der Waals surface area contributed by atoms with Crippen molar-refractivity contribution in [1.29, 1.82) is 0 Å². The van der Waals surface area contributed by atoms with Gasteiger partial charge in [-0.2, -0.15) is 0 Å². The number of hydrogen-bond donors (Lipinski definition) is 11. The number of rotatable bonds is 0. The van der Waals surface area contributed by atoms with Crippen LogP contribution < -0.4 is 31.2 Å². The van der Waals surface area contributed by atoms with Gasteiger partial charge in [-0.05, 0) is 0 Å². The van der Waals surface area contributed by atoms with E-state index in [1.54, 1.807) is 0 Å². The molecular formula is H18Fe3LiN2O13P3. The molecule has 0 rings (SSSR count). The van der Waals surface area contributed by atoms with E-state index >= 15 is 0 Å². The largest absolute Gasteiger partial charge is 1.00 e. The van der Waals surface area contributed by atoms with E-state index in [1.165, 1.54) is 0 Å². The summed E-state index contributed by atoms with van der Waals surface area (Å²) in [6, 6.07) is 0. The third kappa shape index (κ3) is 1820. The zero-order chi connectivity index (χ0) is 13.5. The standard InChI is InChI=1S/3Fe.Li.2H3N.3H3O4P.H2O.H/c;;;;;;3*1-5(2,3)4;;/h;;;;2*1H3;3*(H3,1,2,3,4);1H2;/q;;;+1;;;;;;;-1. The third-order valence-corrected chi connectivity index (χ3v) is 0. The molecule has 0 aromatic carbocycles. The monoisotopic (exact) mass is 522 g/mol. The summed E-state index contributed by atoms with van der Waals surface area (Å²) in [7, 11) is -13.9. The fourth-order valence-corrected chi connectivity index (χ4v) is 0. The number of hydrogen-bond acceptors (Lipinski definition) is 5. The van der Waals surface area contributed by atoms with Crippen LogP contribution in [0.3, 0.4) is 0 Å². The molecule has 0 aliphatic carbocycles. The van der Waals surface area contributed by atoms with Gasteiger partial charge in [-0.3, -0.25) is 0 Å². The molecule has 17 N–H and O–H groups in total. The van der Waals surface area contributed by atoms with Crippen molar-refractivity contribution >= 4 is 23.5 Å². The molecular weight excluding hydrogens is 503 g/mol. The Kier molecular flexibility index (Phi) is 82.6. The molecule has 0 saturated carbocycles. The van der Waals surface area contributed by atoms with E-state index in [1.807, 2.05) is 0 Å². The maximum absolute atomic E-state index is 8.88. The Balaban J connectivity index is -0.00000000889. The van der Waals surface area contributed by atoms with Crippen molar-refractivity contribution in [3.05, 3.63) is 0 Å². The van der Waals surface area contributed by atoms with Crippen molar-refractivity contribution in [1.82, 2.24) is 12.3 Å². The molecule has 0 aromatic heterocycles. The topological polar surface area (TPSA) is 335 Å². The molecule has 22 heteroatoms. The Hall–Kier alpha value is 2.37. The Morgan fingerprint density at radius 2 is 0.500 bits per heavy atom. The van der Waals surface area contributed by atoms with Crippen LogP contribution in [-0.2, 0) is 64.9 Å². The first kappa shape index (κ1) is 64.5. The van der Waals surface area contributed by atoms with Crippen molar-refractivity contribution < 1.29 is 135 Å².